The van der Waals surface area contributed by atoms with E-state index in [1.54, 1.807) is 14.2 Å². The number of hydrogen-bond donors (Lipinski definition) is 1. The second-order valence-electron chi connectivity index (χ2n) is 4.35. The lowest BCUT2D eigenvalue weighted by Crippen LogP contribution is -2.14. The van der Waals surface area contributed by atoms with E-state index in [1.807, 2.05) is 0 Å². The molecule has 3 nitrogen and oxygen atoms in total. The fourth-order valence-electron chi connectivity index (χ4n) is 2.18. The zero-order valence-corrected chi connectivity index (χ0v) is 8.91. The van der Waals surface area contributed by atoms with Gasteiger partial charge in [-0.25, -0.2) is 0 Å². The number of rotatable bonds is 5. The van der Waals surface area contributed by atoms with Crippen LogP contribution in [0.25, 0.3) is 0 Å². The number of aliphatic hydroxyl groups is 1. The van der Waals surface area contributed by atoms with Crippen molar-refractivity contribution in [1.82, 2.24) is 0 Å². The standard InChI is InChI=1S/C10H20O3/c1-10(2)7(8(10)6-11)5-9(12-3)13-4/h7-9,11H,5-6H2,1-4H3/t7-,8+/m1/s1. The molecule has 0 aliphatic heterocycles. The molecule has 0 radical (unpaired) electrons. The van der Waals surface area contributed by atoms with Gasteiger partial charge in [-0.3, -0.25) is 0 Å². The van der Waals surface area contributed by atoms with Crippen LogP contribution in [0.1, 0.15) is 20.3 Å². The molecular weight excluding hydrogens is 168 g/mol. The molecule has 0 spiro atoms. The van der Waals surface area contributed by atoms with Crippen LogP contribution in [0.4, 0.5) is 0 Å². The number of aliphatic hydroxyl groups excluding tert-OH is 1. The Kier molecular flexibility index (Phi) is 3.33. The van der Waals surface area contributed by atoms with Crippen molar-refractivity contribution in [3.63, 3.8) is 0 Å². The SMILES string of the molecule is COC(C[C@@H]1[C@H](CO)C1(C)C)OC. The Morgan fingerprint density at radius 2 is 1.77 bits per heavy atom. The van der Waals surface area contributed by atoms with Crippen molar-refractivity contribution in [3.8, 4) is 0 Å². The van der Waals surface area contributed by atoms with E-state index in [1.165, 1.54) is 0 Å². The van der Waals surface area contributed by atoms with Crippen LogP contribution in [0.3, 0.4) is 0 Å². The van der Waals surface area contributed by atoms with E-state index in [9.17, 15) is 0 Å². The van der Waals surface area contributed by atoms with Gasteiger partial charge in [0.25, 0.3) is 0 Å². The van der Waals surface area contributed by atoms with Gasteiger partial charge in [-0.05, 0) is 17.3 Å². The molecule has 0 unspecified atom stereocenters. The van der Waals surface area contributed by atoms with Crippen molar-refractivity contribution in [2.45, 2.75) is 26.6 Å². The summed E-state index contributed by atoms with van der Waals surface area (Å²) in [5.41, 5.74) is 0.254. The van der Waals surface area contributed by atoms with E-state index in [2.05, 4.69) is 13.8 Å². The van der Waals surface area contributed by atoms with Crippen molar-refractivity contribution in [2.24, 2.45) is 17.3 Å². The Morgan fingerprint density at radius 3 is 2.08 bits per heavy atom. The van der Waals surface area contributed by atoms with E-state index in [4.69, 9.17) is 14.6 Å². The molecule has 2 atom stereocenters. The zero-order valence-electron chi connectivity index (χ0n) is 8.91. The first-order valence-corrected chi connectivity index (χ1v) is 4.74. The molecule has 3 heteroatoms. The van der Waals surface area contributed by atoms with Gasteiger partial charge in [-0.15, -0.1) is 0 Å². The smallest absolute Gasteiger partial charge is 0.157 e. The van der Waals surface area contributed by atoms with Gasteiger partial charge < -0.3 is 14.6 Å². The second kappa shape index (κ2) is 3.95. The largest absolute Gasteiger partial charge is 0.396 e. The third-order valence-electron chi connectivity index (χ3n) is 3.46. The van der Waals surface area contributed by atoms with Gasteiger partial charge >= 0.3 is 0 Å². The fourth-order valence-corrected chi connectivity index (χ4v) is 2.18. The van der Waals surface area contributed by atoms with Crippen LogP contribution >= 0.6 is 0 Å². The maximum atomic E-state index is 9.09. The average molecular weight is 188 g/mol. The van der Waals surface area contributed by atoms with Crippen LogP contribution in [0.15, 0.2) is 0 Å². The molecule has 0 saturated heterocycles. The molecule has 1 saturated carbocycles. The Morgan fingerprint density at radius 1 is 1.23 bits per heavy atom. The van der Waals surface area contributed by atoms with Gasteiger partial charge in [0.15, 0.2) is 6.29 Å². The van der Waals surface area contributed by atoms with Crippen molar-refractivity contribution in [1.29, 1.82) is 0 Å². The van der Waals surface area contributed by atoms with E-state index in [-0.39, 0.29) is 18.3 Å². The monoisotopic (exact) mass is 188 g/mol. The van der Waals surface area contributed by atoms with Gasteiger partial charge in [0.05, 0.1) is 0 Å². The highest BCUT2D eigenvalue weighted by atomic mass is 16.7. The van der Waals surface area contributed by atoms with Crippen LogP contribution < -0.4 is 0 Å². The van der Waals surface area contributed by atoms with Crippen molar-refractivity contribution >= 4 is 0 Å². The molecule has 0 aromatic carbocycles. The molecule has 13 heavy (non-hydrogen) atoms. The minimum Gasteiger partial charge on any atom is -0.396 e. The lowest BCUT2D eigenvalue weighted by atomic mass is 10.1. The topological polar surface area (TPSA) is 38.7 Å². The molecule has 0 bridgehead atoms. The predicted molar refractivity (Wildman–Crippen MR) is 50.3 cm³/mol. The summed E-state index contributed by atoms with van der Waals surface area (Å²) < 4.78 is 10.3. The van der Waals surface area contributed by atoms with E-state index >= 15 is 0 Å². The van der Waals surface area contributed by atoms with Crippen LogP contribution in [-0.4, -0.2) is 32.2 Å². The number of methoxy groups -OCH3 is 2. The summed E-state index contributed by atoms with van der Waals surface area (Å²) in [5, 5.41) is 9.09. The Labute approximate surface area is 80.0 Å². The highest BCUT2D eigenvalue weighted by Gasteiger charge is 2.57. The molecule has 0 heterocycles. The summed E-state index contributed by atoms with van der Waals surface area (Å²) in [7, 11) is 3.30. The molecule has 1 aliphatic carbocycles. The van der Waals surface area contributed by atoms with Crippen molar-refractivity contribution in [3.05, 3.63) is 0 Å². The van der Waals surface area contributed by atoms with E-state index < -0.39 is 0 Å². The Hall–Kier alpha value is -0.120. The number of hydrogen-bond acceptors (Lipinski definition) is 3. The minimum absolute atomic E-state index is 0.124. The molecule has 1 rings (SSSR count). The molecule has 0 aromatic heterocycles. The highest BCUT2D eigenvalue weighted by Crippen LogP contribution is 2.60. The predicted octanol–water partition coefficient (Wildman–Crippen LogP) is 1.26. The number of ether oxygens (including phenoxy) is 2. The third kappa shape index (κ3) is 2.03. The van der Waals surface area contributed by atoms with Gasteiger partial charge in [-0.2, -0.15) is 0 Å². The third-order valence-corrected chi connectivity index (χ3v) is 3.46. The molecule has 1 aliphatic rings. The molecule has 78 valence electrons. The highest BCUT2D eigenvalue weighted by molar-refractivity contribution is 5.04. The fraction of sp³-hybridized carbons (Fsp3) is 1.00. The van der Waals surface area contributed by atoms with Crippen molar-refractivity contribution < 1.29 is 14.6 Å². The lowest BCUT2D eigenvalue weighted by Gasteiger charge is -2.13. The summed E-state index contributed by atoms with van der Waals surface area (Å²) in [4.78, 5) is 0. The van der Waals surface area contributed by atoms with Gasteiger partial charge in [0.1, 0.15) is 0 Å². The maximum absolute atomic E-state index is 9.09. The van der Waals surface area contributed by atoms with Crippen molar-refractivity contribution in [2.75, 3.05) is 20.8 Å². The van der Waals surface area contributed by atoms with Gasteiger partial charge in [0.2, 0.25) is 0 Å². The van der Waals surface area contributed by atoms with E-state index in [0.717, 1.165) is 6.42 Å². The quantitative estimate of drug-likeness (QED) is 0.660. The van der Waals surface area contributed by atoms with Crippen LogP contribution in [0.2, 0.25) is 0 Å². The normalized spacial score (nSPS) is 30.9. The summed E-state index contributed by atoms with van der Waals surface area (Å²) >= 11 is 0. The van der Waals surface area contributed by atoms with Gasteiger partial charge in [0, 0.05) is 27.2 Å². The van der Waals surface area contributed by atoms with Crippen LogP contribution in [-0.2, 0) is 9.47 Å². The maximum Gasteiger partial charge on any atom is 0.157 e. The molecule has 1 fully saturated rings. The Balaban J connectivity index is 2.39. The summed E-state index contributed by atoms with van der Waals surface area (Å²) in [5.74, 6) is 0.947. The summed E-state index contributed by atoms with van der Waals surface area (Å²) in [6, 6.07) is 0. The molecule has 0 amide bonds. The Bertz CT molecular complexity index is 164. The minimum atomic E-state index is -0.124. The first kappa shape index (κ1) is 11.0. The summed E-state index contributed by atoms with van der Waals surface area (Å²) in [6.45, 7) is 4.64. The first-order valence-electron chi connectivity index (χ1n) is 4.74. The van der Waals surface area contributed by atoms with Gasteiger partial charge in [-0.1, -0.05) is 13.8 Å². The average Bonchev–Trinajstić information content (AvgIpc) is 2.63. The lowest BCUT2D eigenvalue weighted by molar-refractivity contribution is -0.111. The summed E-state index contributed by atoms with van der Waals surface area (Å²) in [6.07, 6.45) is 0.756. The second-order valence-corrected chi connectivity index (χ2v) is 4.35. The van der Waals surface area contributed by atoms with Crippen LogP contribution in [0, 0.1) is 17.3 Å². The zero-order chi connectivity index (χ0) is 10.1. The first-order chi connectivity index (χ1) is 6.07. The molecule has 1 N–H and O–H groups in total. The van der Waals surface area contributed by atoms with Crippen LogP contribution in [0.5, 0.6) is 0 Å². The van der Waals surface area contributed by atoms with E-state index in [0.29, 0.717) is 11.8 Å². The molecule has 0 aromatic rings. The molecular formula is C10H20O3.